The third-order valence-electron chi connectivity index (χ3n) is 4.27. The lowest BCUT2D eigenvalue weighted by Crippen LogP contribution is -2.51. The van der Waals surface area contributed by atoms with Crippen LogP contribution in [0.1, 0.15) is 34.2 Å². The highest BCUT2D eigenvalue weighted by Crippen LogP contribution is 2.13. The molecule has 5 heteroatoms. The maximum atomic E-state index is 12.7. The predicted octanol–water partition coefficient (Wildman–Crippen LogP) is 1.98. The molecule has 1 aliphatic rings. The number of nitrogens with zero attached hydrogens (tertiary/aromatic N) is 3. The first kappa shape index (κ1) is 15.7. The van der Waals surface area contributed by atoms with Crippen molar-refractivity contribution in [2.45, 2.75) is 33.4 Å². The number of aromatic nitrogens is 2. The van der Waals surface area contributed by atoms with Crippen LogP contribution in [0.5, 0.6) is 0 Å². The summed E-state index contributed by atoms with van der Waals surface area (Å²) in [5.74, 6) is 0.119. The van der Waals surface area contributed by atoms with E-state index in [1.54, 1.807) is 0 Å². The molecule has 0 saturated carbocycles. The molecule has 0 spiro atoms. The summed E-state index contributed by atoms with van der Waals surface area (Å²) in [6, 6.07) is 10.3. The van der Waals surface area contributed by atoms with Crippen LogP contribution in [0.25, 0.3) is 0 Å². The third-order valence-corrected chi connectivity index (χ3v) is 4.27. The topological polar surface area (TPSA) is 50.2 Å². The number of nitrogens with one attached hydrogen (secondary N) is 1. The molecule has 1 saturated heterocycles. The Morgan fingerprint density at radius 1 is 1.35 bits per heavy atom. The minimum Gasteiger partial charge on any atom is -0.336 e. The molecule has 1 aromatic heterocycles. The summed E-state index contributed by atoms with van der Waals surface area (Å²) < 4.78 is 1.98. The zero-order chi connectivity index (χ0) is 16.4. The fraction of sp³-hybridized carbons (Fsp3) is 0.444. The van der Waals surface area contributed by atoms with Gasteiger partial charge in [0.2, 0.25) is 0 Å². The molecule has 23 heavy (non-hydrogen) atoms. The van der Waals surface area contributed by atoms with Crippen LogP contribution in [-0.2, 0) is 6.54 Å². The molecule has 0 radical (unpaired) electrons. The van der Waals surface area contributed by atoms with Crippen molar-refractivity contribution in [2.24, 2.45) is 0 Å². The van der Waals surface area contributed by atoms with Gasteiger partial charge in [-0.25, -0.2) is 0 Å². The first-order chi connectivity index (χ1) is 11.0. The third kappa shape index (κ3) is 3.62. The number of aryl methyl sites for hydroxylation is 2. The Kier molecular flexibility index (Phi) is 4.48. The molecule has 1 aliphatic heterocycles. The lowest BCUT2D eigenvalue weighted by atomic mass is 10.1. The van der Waals surface area contributed by atoms with Gasteiger partial charge in [0.15, 0.2) is 0 Å². The maximum absolute atomic E-state index is 12.7. The molecular formula is C18H24N4O. The lowest BCUT2D eigenvalue weighted by Gasteiger charge is -2.32. The van der Waals surface area contributed by atoms with Crippen molar-refractivity contribution in [3.05, 3.63) is 52.8 Å². The molecule has 1 atom stereocenters. The average molecular weight is 312 g/mol. The summed E-state index contributed by atoms with van der Waals surface area (Å²) in [7, 11) is 0. The van der Waals surface area contributed by atoms with Crippen molar-refractivity contribution in [1.82, 2.24) is 20.0 Å². The standard InChI is InChI=1S/C18H24N4O/c1-13-9-15(3)22(20-13)12-16-5-4-6-17(10-16)18(23)21-8-7-19-14(2)11-21/h4-6,9-10,14,19H,7-8,11-12H2,1-3H3/t14-/m0/s1. The summed E-state index contributed by atoms with van der Waals surface area (Å²) in [6.45, 7) is 9.24. The molecule has 0 unspecified atom stereocenters. The zero-order valence-electron chi connectivity index (χ0n) is 14.0. The van der Waals surface area contributed by atoms with Crippen molar-refractivity contribution in [2.75, 3.05) is 19.6 Å². The van der Waals surface area contributed by atoms with Crippen molar-refractivity contribution in [3.8, 4) is 0 Å². The quantitative estimate of drug-likeness (QED) is 0.943. The molecule has 0 bridgehead atoms. The highest BCUT2D eigenvalue weighted by molar-refractivity contribution is 5.94. The number of rotatable bonds is 3. The van der Waals surface area contributed by atoms with E-state index in [-0.39, 0.29) is 5.91 Å². The Morgan fingerprint density at radius 3 is 2.87 bits per heavy atom. The fourth-order valence-electron chi connectivity index (χ4n) is 3.11. The second kappa shape index (κ2) is 6.54. The Balaban J connectivity index is 1.76. The first-order valence-electron chi connectivity index (χ1n) is 8.15. The van der Waals surface area contributed by atoms with E-state index < -0.39 is 0 Å². The van der Waals surface area contributed by atoms with Crippen LogP contribution in [0.2, 0.25) is 0 Å². The number of benzene rings is 1. The van der Waals surface area contributed by atoms with Crippen LogP contribution in [0.4, 0.5) is 0 Å². The van der Waals surface area contributed by atoms with Gasteiger partial charge in [-0.1, -0.05) is 12.1 Å². The van der Waals surface area contributed by atoms with Crippen molar-refractivity contribution in [3.63, 3.8) is 0 Å². The van der Waals surface area contributed by atoms with Gasteiger partial charge in [-0.2, -0.15) is 5.10 Å². The van der Waals surface area contributed by atoms with Crippen LogP contribution in [0.3, 0.4) is 0 Å². The van der Waals surface area contributed by atoms with Gasteiger partial charge in [-0.15, -0.1) is 0 Å². The van der Waals surface area contributed by atoms with Gasteiger partial charge in [0, 0.05) is 36.9 Å². The van der Waals surface area contributed by atoms with E-state index in [0.29, 0.717) is 12.6 Å². The van der Waals surface area contributed by atoms with Gasteiger partial charge in [0.05, 0.1) is 12.2 Å². The number of amides is 1. The molecule has 1 amide bonds. The smallest absolute Gasteiger partial charge is 0.253 e. The molecule has 0 aliphatic carbocycles. The molecule has 2 heterocycles. The molecule has 3 rings (SSSR count). The Bertz CT molecular complexity index is 707. The monoisotopic (exact) mass is 312 g/mol. The number of hydrogen-bond acceptors (Lipinski definition) is 3. The van der Waals surface area contributed by atoms with E-state index in [1.807, 2.05) is 40.8 Å². The van der Waals surface area contributed by atoms with Gasteiger partial charge >= 0.3 is 0 Å². The van der Waals surface area contributed by atoms with E-state index in [4.69, 9.17) is 0 Å². The Hall–Kier alpha value is -2.14. The minimum absolute atomic E-state index is 0.119. The molecular weight excluding hydrogens is 288 g/mol. The summed E-state index contributed by atoms with van der Waals surface area (Å²) in [4.78, 5) is 14.6. The average Bonchev–Trinajstić information content (AvgIpc) is 2.84. The van der Waals surface area contributed by atoms with E-state index in [1.165, 1.54) is 0 Å². The largest absolute Gasteiger partial charge is 0.336 e. The summed E-state index contributed by atoms with van der Waals surface area (Å²) in [6.07, 6.45) is 0. The van der Waals surface area contributed by atoms with Crippen molar-refractivity contribution < 1.29 is 4.79 Å². The first-order valence-corrected chi connectivity index (χ1v) is 8.15. The predicted molar refractivity (Wildman–Crippen MR) is 90.6 cm³/mol. The number of carbonyl (C=O) groups excluding carboxylic acids is 1. The number of piperazine rings is 1. The second-order valence-electron chi connectivity index (χ2n) is 6.39. The summed E-state index contributed by atoms with van der Waals surface area (Å²) in [5.41, 5.74) is 4.02. The molecule has 122 valence electrons. The van der Waals surface area contributed by atoms with Gasteiger partial charge in [0.25, 0.3) is 5.91 Å². The maximum Gasteiger partial charge on any atom is 0.253 e. The fourth-order valence-corrected chi connectivity index (χ4v) is 3.11. The van der Waals surface area contributed by atoms with Gasteiger partial charge in [-0.3, -0.25) is 9.48 Å². The number of carbonyl (C=O) groups is 1. The van der Waals surface area contributed by atoms with Crippen LogP contribution >= 0.6 is 0 Å². The van der Waals surface area contributed by atoms with Crippen molar-refractivity contribution in [1.29, 1.82) is 0 Å². The van der Waals surface area contributed by atoms with Gasteiger partial charge in [-0.05, 0) is 44.5 Å². The normalized spacial score (nSPS) is 18.2. The number of hydrogen-bond donors (Lipinski definition) is 1. The van der Waals surface area contributed by atoms with E-state index in [0.717, 1.165) is 42.1 Å². The molecule has 1 fully saturated rings. The van der Waals surface area contributed by atoms with Crippen LogP contribution < -0.4 is 5.32 Å². The Morgan fingerprint density at radius 2 is 2.17 bits per heavy atom. The molecule has 1 N–H and O–H groups in total. The van der Waals surface area contributed by atoms with E-state index in [2.05, 4.69) is 30.3 Å². The Labute approximate surface area is 137 Å². The van der Waals surface area contributed by atoms with E-state index >= 15 is 0 Å². The van der Waals surface area contributed by atoms with E-state index in [9.17, 15) is 4.79 Å². The second-order valence-corrected chi connectivity index (χ2v) is 6.39. The minimum atomic E-state index is 0.119. The van der Waals surface area contributed by atoms with Crippen molar-refractivity contribution >= 4 is 5.91 Å². The van der Waals surface area contributed by atoms with Gasteiger partial charge in [0.1, 0.15) is 0 Å². The van der Waals surface area contributed by atoms with Gasteiger partial charge < -0.3 is 10.2 Å². The molecule has 2 aromatic rings. The summed E-state index contributed by atoms with van der Waals surface area (Å²) >= 11 is 0. The SMILES string of the molecule is Cc1cc(C)n(Cc2cccc(C(=O)N3CCN[C@@H](C)C3)c2)n1. The summed E-state index contributed by atoms with van der Waals surface area (Å²) in [5, 5.41) is 7.86. The molecule has 1 aromatic carbocycles. The highest BCUT2D eigenvalue weighted by atomic mass is 16.2. The lowest BCUT2D eigenvalue weighted by molar-refractivity contribution is 0.0709. The van der Waals surface area contributed by atoms with Crippen LogP contribution in [0, 0.1) is 13.8 Å². The van der Waals surface area contributed by atoms with Crippen LogP contribution in [-0.4, -0.2) is 46.3 Å². The molecule has 5 nitrogen and oxygen atoms in total. The zero-order valence-corrected chi connectivity index (χ0v) is 14.0. The highest BCUT2D eigenvalue weighted by Gasteiger charge is 2.21. The van der Waals surface area contributed by atoms with Crippen LogP contribution in [0.15, 0.2) is 30.3 Å².